The number of benzene rings is 2. The second-order valence-electron chi connectivity index (χ2n) is 6.53. The molecule has 0 radical (unpaired) electrons. The smallest absolute Gasteiger partial charge is 0.411 e. The van der Waals surface area contributed by atoms with Crippen LogP contribution in [0.3, 0.4) is 0 Å². The molecule has 6 nitrogen and oxygen atoms in total. The Balaban J connectivity index is 1.62. The summed E-state index contributed by atoms with van der Waals surface area (Å²) in [5.41, 5.74) is 1.87. The number of amides is 1. The van der Waals surface area contributed by atoms with Crippen LogP contribution in [-0.2, 0) is 17.7 Å². The van der Waals surface area contributed by atoms with E-state index in [-0.39, 0.29) is 6.10 Å². The number of rotatable bonds is 9. The molecule has 3 aromatic rings. The minimum Gasteiger partial charge on any atom is -0.489 e. The normalized spacial score (nSPS) is 11.7. The number of ether oxygens (including phenoxy) is 2. The maximum atomic E-state index is 11.5. The van der Waals surface area contributed by atoms with Crippen LogP contribution in [0.1, 0.15) is 18.9 Å². The van der Waals surface area contributed by atoms with Crippen LogP contribution in [0.2, 0.25) is 5.02 Å². The fraction of sp³-hybridized carbons (Fsp3) is 0.273. The van der Waals surface area contributed by atoms with Gasteiger partial charge in [-0.3, -0.25) is 5.32 Å². The van der Waals surface area contributed by atoms with Gasteiger partial charge in [0.2, 0.25) is 0 Å². The Hall–Kier alpha value is -2.99. The van der Waals surface area contributed by atoms with Gasteiger partial charge in [0.1, 0.15) is 11.9 Å². The molecule has 2 aromatic carbocycles. The van der Waals surface area contributed by atoms with Crippen LogP contribution >= 0.6 is 11.6 Å². The first-order valence-electron chi connectivity index (χ1n) is 9.53. The molecule has 1 N–H and O–H groups in total. The van der Waals surface area contributed by atoms with E-state index in [9.17, 15) is 4.79 Å². The van der Waals surface area contributed by atoms with Crippen molar-refractivity contribution in [3.8, 4) is 5.75 Å². The molecule has 0 spiro atoms. The van der Waals surface area contributed by atoms with E-state index in [1.165, 1.54) is 5.56 Å². The summed E-state index contributed by atoms with van der Waals surface area (Å²) in [5.74, 6) is 0.737. The molecule has 152 valence electrons. The lowest BCUT2D eigenvalue weighted by molar-refractivity contribution is 0.167. The molecule has 7 heteroatoms. The quantitative estimate of drug-likeness (QED) is 0.524. The number of nitrogens with zero attached hydrogens (tertiary/aromatic N) is 2. The van der Waals surface area contributed by atoms with Crippen LogP contribution in [0.4, 0.5) is 10.5 Å². The molecular formula is C22H24ClN3O3. The summed E-state index contributed by atoms with van der Waals surface area (Å²) in [6.45, 7) is 2.79. The molecule has 1 unspecified atom stereocenters. The average Bonchev–Trinajstić information content (AvgIpc) is 3.22. The van der Waals surface area contributed by atoms with Crippen LogP contribution < -0.4 is 10.1 Å². The topological polar surface area (TPSA) is 65.4 Å². The number of hydrogen-bond donors (Lipinski definition) is 1. The van der Waals surface area contributed by atoms with Crippen LogP contribution in [0.15, 0.2) is 67.3 Å². The van der Waals surface area contributed by atoms with Crippen LogP contribution in [0.25, 0.3) is 0 Å². The lowest BCUT2D eigenvalue weighted by Gasteiger charge is -2.20. The van der Waals surface area contributed by atoms with Crippen molar-refractivity contribution in [3.63, 3.8) is 0 Å². The van der Waals surface area contributed by atoms with Crippen LogP contribution in [0.5, 0.6) is 5.75 Å². The Morgan fingerprint density at radius 2 is 1.93 bits per heavy atom. The zero-order valence-corrected chi connectivity index (χ0v) is 17.0. The standard InChI is InChI=1S/C22H24ClN3O3/c1-2-28-22(27)25-19-8-11-20(12-9-19)29-21(15-26-14-13-24-16-26)10-5-17-3-6-18(23)7-4-17/h3-4,6-9,11-14,16,21H,2,5,10,15H2,1H3,(H,25,27). The summed E-state index contributed by atoms with van der Waals surface area (Å²) in [7, 11) is 0. The zero-order chi connectivity index (χ0) is 20.5. The van der Waals surface area contributed by atoms with Gasteiger partial charge in [0.15, 0.2) is 0 Å². The third kappa shape index (κ3) is 6.84. The number of carbonyl (C=O) groups excluding carboxylic acids is 1. The third-order valence-corrected chi connectivity index (χ3v) is 4.57. The minimum atomic E-state index is -0.470. The maximum Gasteiger partial charge on any atom is 0.411 e. The largest absolute Gasteiger partial charge is 0.489 e. The predicted molar refractivity (Wildman–Crippen MR) is 114 cm³/mol. The van der Waals surface area contributed by atoms with E-state index in [0.29, 0.717) is 18.8 Å². The third-order valence-electron chi connectivity index (χ3n) is 4.32. The van der Waals surface area contributed by atoms with E-state index < -0.39 is 6.09 Å². The minimum absolute atomic E-state index is 0.0382. The number of imidazole rings is 1. The van der Waals surface area contributed by atoms with Crippen molar-refractivity contribution in [3.05, 3.63) is 77.8 Å². The summed E-state index contributed by atoms with van der Waals surface area (Å²) in [4.78, 5) is 15.6. The van der Waals surface area contributed by atoms with Gasteiger partial charge >= 0.3 is 6.09 Å². The Bertz CT molecular complexity index is 881. The number of anilines is 1. The molecule has 0 bridgehead atoms. The fourth-order valence-electron chi connectivity index (χ4n) is 2.89. The van der Waals surface area contributed by atoms with E-state index in [0.717, 1.165) is 23.6 Å². The van der Waals surface area contributed by atoms with Crippen molar-refractivity contribution < 1.29 is 14.3 Å². The van der Waals surface area contributed by atoms with Gasteiger partial charge < -0.3 is 14.0 Å². The number of halogens is 1. The molecule has 0 fully saturated rings. The number of aryl methyl sites for hydroxylation is 1. The van der Waals surface area contributed by atoms with Crippen molar-refractivity contribution >= 4 is 23.4 Å². The van der Waals surface area contributed by atoms with E-state index in [1.54, 1.807) is 31.6 Å². The Labute approximate surface area is 175 Å². The molecule has 1 atom stereocenters. The molecule has 0 aliphatic rings. The first-order valence-corrected chi connectivity index (χ1v) is 9.91. The molecule has 1 amide bonds. The van der Waals surface area contributed by atoms with E-state index in [2.05, 4.69) is 10.3 Å². The molecule has 0 aliphatic carbocycles. The van der Waals surface area contributed by atoms with Gasteiger partial charge in [-0.05, 0) is 61.7 Å². The van der Waals surface area contributed by atoms with Crippen molar-refractivity contribution in [2.75, 3.05) is 11.9 Å². The average molecular weight is 414 g/mol. The highest BCUT2D eigenvalue weighted by Crippen LogP contribution is 2.20. The van der Waals surface area contributed by atoms with E-state index >= 15 is 0 Å². The first-order chi connectivity index (χ1) is 14.1. The lowest BCUT2D eigenvalue weighted by Crippen LogP contribution is -2.23. The molecular weight excluding hydrogens is 390 g/mol. The summed E-state index contributed by atoms with van der Waals surface area (Å²) in [6, 6.07) is 15.1. The Morgan fingerprint density at radius 1 is 1.17 bits per heavy atom. The van der Waals surface area contributed by atoms with Gasteiger partial charge in [-0.2, -0.15) is 0 Å². The van der Waals surface area contributed by atoms with Crippen molar-refractivity contribution in [1.82, 2.24) is 9.55 Å². The molecule has 3 rings (SSSR count). The SMILES string of the molecule is CCOC(=O)Nc1ccc(OC(CCc2ccc(Cl)cc2)Cn2ccnc2)cc1. The molecule has 1 heterocycles. The van der Waals surface area contributed by atoms with Gasteiger partial charge in [0.05, 0.1) is 19.5 Å². The zero-order valence-electron chi connectivity index (χ0n) is 16.3. The highest BCUT2D eigenvalue weighted by Gasteiger charge is 2.13. The Kier molecular flexibility index (Phi) is 7.53. The number of hydrogen-bond acceptors (Lipinski definition) is 4. The fourth-order valence-corrected chi connectivity index (χ4v) is 3.02. The Morgan fingerprint density at radius 3 is 2.59 bits per heavy atom. The second-order valence-corrected chi connectivity index (χ2v) is 6.97. The van der Waals surface area contributed by atoms with Crippen molar-refractivity contribution in [2.24, 2.45) is 0 Å². The van der Waals surface area contributed by atoms with Crippen LogP contribution in [-0.4, -0.2) is 28.4 Å². The van der Waals surface area contributed by atoms with Gasteiger partial charge in [0.25, 0.3) is 0 Å². The molecule has 0 saturated carbocycles. The second kappa shape index (κ2) is 10.5. The summed E-state index contributed by atoms with van der Waals surface area (Å²) in [5, 5.41) is 3.40. The summed E-state index contributed by atoms with van der Waals surface area (Å²) < 4.78 is 13.1. The van der Waals surface area contributed by atoms with Crippen LogP contribution in [0, 0.1) is 0 Å². The van der Waals surface area contributed by atoms with Gasteiger partial charge in [0, 0.05) is 23.1 Å². The molecule has 29 heavy (non-hydrogen) atoms. The van der Waals surface area contributed by atoms with E-state index in [1.807, 2.05) is 47.2 Å². The first kappa shape index (κ1) is 20.7. The monoisotopic (exact) mass is 413 g/mol. The predicted octanol–water partition coefficient (Wildman–Crippen LogP) is 5.19. The number of aromatic nitrogens is 2. The number of carbonyl (C=O) groups is 1. The highest BCUT2D eigenvalue weighted by atomic mass is 35.5. The maximum absolute atomic E-state index is 11.5. The highest BCUT2D eigenvalue weighted by molar-refractivity contribution is 6.30. The van der Waals surface area contributed by atoms with Gasteiger partial charge in [-0.25, -0.2) is 9.78 Å². The van der Waals surface area contributed by atoms with Gasteiger partial charge in [-0.1, -0.05) is 23.7 Å². The van der Waals surface area contributed by atoms with Crippen molar-refractivity contribution in [2.45, 2.75) is 32.4 Å². The van der Waals surface area contributed by atoms with E-state index in [4.69, 9.17) is 21.1 Å². The van der Waals surface area contributed by atoms with Gasteiger partial charge in [-0.15, -0.1) is 0 Å². The van der Waals surface area contributed by atoms with Crippen molar-refractivity contribution in [1.29, 1.82) is 0 Å². The summed E-state index contributed by atoms with van der Waals surface area (Å²) >= 11 is 5.97. The molecule has 1 aromatic heterocycles. The molecule has 0 aliphatic heterocycles. The number of nitrogens with one attached hydrogen (secondary N) is 1. The lowest BCUT2D eigenvalue weighted by atomic mass is 10.1. The molecule has 0 saturated heterocycles. The summed E-state index contributed by atoms with van der Waals surface area (Å²) in [6.07, 6.45) is 6.66.